The third kappa shape index (κ3) is 3.85. The normalized spacial score (nSPS) is 12.1. The number of carbonyl (C=O) groups is 1. The zero-order valence-corrected chi connectivity index (χ0v) is 11.8. The van der Waals surface area contributed by atoms with Gasteiger partial charge >= 0.3 is 0 Å². The second-order valence-electron chi connectivity index (χ2n) is 5.04. The van der Waals surface area contributed by atoms with Gasteiger partial charge < -0.3 is 11.1 Å². The van der Waals surface area contributed by atoms with Crippen LogP contribution in [0.15, 0.2) is 36.5 Å². The van der Waals surface area contributed by atoms with E-state index in [2.05, 4.69) is 29.5 Å². The van der Waals surface area contributed by atoms with Crippen molar-refractivity contribution in [1.82, 2.24) is 15.1 Å². The first kappa shape index (κ1) is 14.1. The Morgan fingerprint density at radius 1 is 1.40 bits per heavy atom. The third-order valence-electron chi connectivity index (χ3n) is 3.16. The highest BCUT2D eigenvalue weighted by atomic mass is 16.2. The van der Waals surface area contributed by atoms with Crippen LogP contribution in [0.5, 0.6) is 0 Å². The van der Waals surface area contributed by atoms with Crippen LogP contribution in [-0.4, -0.2) is 21.7 Å². The van der Waals surface area contributed by atoms with Gasteiger partial charge in [-0.3, -0.25) is 9.48 Å². The number of anilines is 1. The molecule has 0 radical (unpaired) electrons. The van der Waals surface area contributed by atoms with Crippen molar-refractivity contribution in [2.75, 3.05) is 5.73 Å². The van der Waals surface area contributed by atoms with Gasteiger partial charge in [-0.05, 0) is 37.5 Å². The predicted molar refractivity (Wildman–Crippen MR) is 79.1 cm³/mol. The van der Waals surface area contributed by atoms with Gasteiger partial charge in [0.2, 0.25) is 5.91 Å². The number of benzene rings is 1. The molecule has 1 amide bonds. The Labute approximate surface area is 118 Å². The molecule has 5 nitrogen and oxygen atoms in total. The number of nitrogen functional groups attached to an aromatic ring is 1. The van der Waals surface area contributed by atoms with Crippen LogP contribution < -0.4 is 11.1 Å². The van der Waals surface area contributed by atoms with Gasteiger partial charge in [0.15, 0.2) is 0 Å². The number of amides is 1. The molecule has 0 bridgehead atoms. The highest BCUT2D eigenvalue weighted by Crippen LogP contribution is 2.09. The van der Waals surface area contributed by atoms with Crippen LogP contribution in [0, 0.1) is 6.92 Å². The third-order valence-corrected chi connectivity index (χ3v) is 3.16. The van der Waals surface area contributed by atoms with Crippen LogP contribution >= 0.6 is 0 Å². The van der Waals surface area contributed by atoms with Crippen LogP contribution in [0.1, 0.15) is 18.1 Å². The Balaban J connectivity index is 1.86. The van der Waals surface area contributed by atoms with Crippen LogP contribution in [0.25, 0.3) is 0 Å². The van der Waals surface area contributed by atoms with Crippen molar-refractivity contribution in [1.29, 1.82) is 0 Å². The molecular weight excluding hydrogens is 252 g/mol. The molecule has 0 aliphatic heterocycles. The Bertz CT molecular complexity index is 591. The monoisotopic (exact) mass is 272 g/mol. The first-order valence-corrected chi connectivity index (χ1v) is 6.67. The van der Waals surface area contributed by atoms with E-state index in [-0.39, 0.29) is 18.5 Å². The van der Waals surface area contributed by atoms with Crippen LogP contribution in [-0.2, 0) is 17.8 Å². The van der Waals surface area contributed by atoms with Gasteiger partial charge in [0.25, 0.3) is 0 Å². The maximum atomic E-state index is 11.9. The van der Waals surface area contributed by atoms with Gasteiger partial charge in [0.05, 0.1) is 0 Å². The Morgan fingerprint density at radius 2 is 2.15 bits per heavy atom. The molecule has 0 aliphatic carbocycles. The Hall–Kier alpha value is -2.30. The number of aryl methyl sites for hydroxylation is 1. The van der Waals surface area contributed by atoms with Gasteiger partial charge in [-0.2, -0.15) is 5.10 Å². The number of hydrogen-bond donors (Lipinski definition) is 2. The van der Waals surface area contributed by atoms with Crippen molar-refractivity contribution in [2.24, 2.45) is 0 Å². The Morgan fingerprint density at radius 3 is 2.80 bits per heavy atom. The molecule has 2 rings (SSSR count). The molecule has 2 aromatic rings. The summed E-state index contributed by atoms with van der Waals surface area (Å²) in [5.74, 6) is 0.361. The molecule has 0 fully saturated rings. The minimum atomic E-state index is -0.0609. The number of nitrogens with one attached hydrogen (secondary N) is 1. The summed E-state index contributed by atoms with van der Waals surface area (Å²) in [6.07, 6.45) is 2.51. The van der Waals surface area contributed by atoms with Gasteiger partial charge in [0.1, 0.15) is 12.4 Å². The standard InChI is InChI=1S/C15H20N4O/c1-11-5-3-4-6-13(11)9-12(2)17-15(20)10-19-8-7-14(16)18-19/h3-8,12H,9-10H2,1-2H3,(H2,16,18)(H,17,20). The maximum absolute atomic E-state index is 11.9. The van der Waals surface area contributed by atoms with Crippen LogP contribution in [0.2, 0.25) is 0 Å². The molecule has 5 heteroatoms. The fourth-order valence-corrected chi connectivity index (χ4v) is 2.15. The van der Waals surface area contributed by atoms with E-state index in [1.54, 1.807) is 12.3 Å². The number of nitrogens with zero attached hydrogens (tertiary/aromatic N) is 2. The fourth-order valence-electron chi connectivity index (χ4n) is 2.15. The number of hydrogen-bond acceptors (Lipinski definition) is 3. The van der Waals surface area contributed by atoms with Crippen LogP contribution in [0.4, 0.5) is 5.82 Å². The lowest BCUT2D eigenvalue weighted by Crippen LogP contribution is -2.36. The molecule has 1 heterocycles. The van der Waals surface area contributed by atoms with E-state index in [1.165, 1.54) is 15.8 Å². The highest BCUT2D eigenvalue weighted by Gasteiger charge is 2.10. The van der Waals surface area contributed by atoms with E-state index in [9.17, 15) is 4.79 Å². The van der Waals surface area contributed by atoms with E-state index in [0.717, 1.165) is 6.42 Å². The summed E-state index contributed by atoms with van der Waals surface area (Å²) in [7, 11) is 0. The highest BCUT2D eigenvalue weighted by molar-refractivity contribution is 5.76. The molecule has 0 spiro atoms. The molecule has 20 heavy (non-hydrogen) atoms. The van der Waals surface area contributed by atoms with Gasteiger partial charge in [-0.25, -0.2) is 0 Å². The average Bonchev–Trinajstić information content (AvgIpc) is 2.77. The number of rotatable bonds is 5. The molecule has 1 atom stereocenters. The van der Waals surface area contributed by atoms with Crippen molar-refractivity contribution in [3.05, 3.63) is 47.7 Å². The topological polar surface area (TPSA) is 72.9 Å². The largest absolute Gasteiger partial charge is 0.382 e. The lowest BCUT2D eigenvalue weighted by atomic mass is 10.0. The zero-order valence-electron chi connectivity index (χ0n) is 11.8. The summed E-state index contributed by atoms with van der Waals surface area (Å²) < 4.78 is 1.53. The smallest absolute Gasteiger partial charge is 0.241 e. The van der Waals surface area contributed by atoms with E-state index in [0.29, 0.717) is 5.82 Å². The number of carbonyl (C=O) groups excluding carboxylic acids is 1. The quantitative estimate of drug-likeness (QED) is 0.866. The molecule has 1 aromatic heterocycles. The first-order chi connectivity index (χ1) is 9.54. The molecule has 1 aromatic carbocycles. The van der Waals surface area contributed by atoms with Gasteiger partial charge in [-0.1, -0.05) is 24.3 Å². The second-order valence-corrected chi connectivity index (χ2v) is 5.04. The fraction of sp³-hybridized carbons (Fsp3) is 0.333. The summed E-state index contributed by atoms with van der Waals surface area (Å²) in [4.78, 5) is 11.9. The SMILES string of the molecule is Cc1ccccc1CC(C)NC(=O)Cn1ccc(N)n1. The summed E-state index contributed by atoms with van der Waals surface area (Å²) in [6.45, 7) is 4.27. The summed E-state index contributed by atoms with van der Waals surface area (Å²) in [5.41, 5.74) is 8.01. The molecule has 0 aliphatic rings. The van der Waals surface area contributed by atoms with Crippen molar-refractivity contribution < 1.29 is 4.79 Å². The van der Waals surface area contributed by atoms with E-state index >= 15 is 0 Å². The average molecular weight is 272 g/mol. The summed E-state index contributed by atoms with van der Waals surface area (Å²) in [5, 5.41) is 6.96. The van der Waals surface area contributed by atoms with Crippen molar-refractivity contribution in [2.45, 2.75) is 32.9 Å². The first-order valence-electron chi connectivity index (χ1n) is 6.67. The molecule has 106 valence electrons. The van der Waals surface area contributed by atoms with Crippen molar-refractivity contribution in [3.63, 3.8) is 0 Å². The minimum absolute atomic E-state index is 0.0609. The maximum Gasteiger partial charge on any atom is 0.241 e. The van der Waals surface area contributed by atoms with E-state index in [1.807, 2.05) is 19.1 Å². The van der Waals surface area contributed by atoms with Crippen molar-refractivity contribution >= 4 is 11.7 Å². The summed E-state index contributed by atoms with van der Waals surface area (Å²) in [6, 6.07) is 9.96. The summed E-state index contributed by atoms with van der Waals surface area (Å²) >= 11 is 0. The van der Waals surface area contributed by atoms with E-state index in [4.69, 9.17) is 5.73 Å². The van der Waals surface area contributed by atoms with Crippen LogP contribution in [0.3, 0.4) is 0 Å². The lowest BCUT2D eigenvalue weighted by Gasteiger charge is -2.15. The Kier molecular flexibility index (Phi) is 4.40. The molecule has 0 saturated heterocycles. The molecule has 0 saturated carbocycles. The molecule has 1 unspecified atom stereocenters. The molecular formula is C15H20N4O. The minimum Gasteiger partial charge on any atom is -0.382 e. The number of aromatic nitrogens is 2. The number of nitrogens with two attached hydrogens (primary N) is 1. The molecule has 3 N–H and O–H groups in total. The second kappa shape index (κ2) is 6.23. The van der Waals surface area contributed by atoms with Crippen molar-refractivity contribution in [3.8, 4) is 0 Å². The lowest BCUT2D eigenvalue weighted by molar-refractivity contribution is -0.122. The zero-order chi connectivity index (χ0) is 14.5. The van der Waals surface area contributed by atoms with Gasteiger partial charge in [-0.15, -0.1) is 0 Å². The van der Waals surface area contributed by atoms with E-state index < -0.39 is 0 Å². The van der Waals surface area contributed by atoms with Gasteiger partial charge in [0, 0.05) is 12.2 Å². The predicted octanol–water partition coefficient (Wildman–Crippen LogP) is 1.52.